The smallest absolute Gasteiger partial charge is 0.167 e. The average Bonchev–Trinajstić information content (AvgIpc) is 3.29. The van der Waals surface area contributed by atoms with Gasteiger partial charge < -0.3 is 16.4 Å². The largest absolute Gasteiger partial charge is 0.383 e. The Labute approximate surface area is 204 Å². The number of fused-ring (bicyclic) bond motifs is 3. The van der Waals surface area contributed by atoms with Crippen molar-refractivity contribution < 1.29 is 4.79 Å². The minimum atomic E-state index is -0.126. The molecule has 2 unspecified atom stereocenters. The summed E-state index contributed by atoms with van der Waals surface area (Å²) in [5.74, 6) is 0.724. The van der Waals surface area contributed by atoms with Crippen LogP contribution in [0.1, 0.15) is 49.4 Å². The Kier molecular flexibility index (Phi) is 5.45. The molecule has 178 valence electrons. The summed E-state index contributed by atoms with van der Waals surface area (Å²) < 4.78 is 1.56. The lowest BCUT2D eigenvalue weighted by Crippen LogP contribution is -2.52. The zero-order chi connectivity index (χ0) is 23.9. The number of carbonyl (C=O) groups is 1. The Balaban J connectivity index is 1.38. The lowest BCUT2D eigenvalue weighted by molar-refractivity contribution is 0.101. The number of nitrogens with zero attached hydrogens (tertiary/aromatic N) is 4. The number of piperidine rings is 2. The van der Waals surface area contributed by atoms with Crippen LogP contribution in [0.2, 0.25) is 0 Å². The topological polar surface area (TPSA) is 110 Å². The number of Topliss-reactive ketones (excluding diaryl/α,β-unsaturated/α-hetero) is 1. The number of nitrogen functional groups attached to an aromatic ring is 1. The molecule has 2 aliphatic heterocycles. The highest BCUT2D eigenvalue weighted by Crippen LogP contribution is 2.32. The molecule has 0 spiro atoms. The van der Waals surface area contributed by atoms with E-state index in [2.05, 4.69) is 20.7 Å². The van der Waals surface area contributed by atoms with Crippen LogP contribution in [0.25, 0.3) is 28.0 Å². The molecule has 2 bridgehead atoms. The number of carbonyl (C=O) groups excluding carboxylic acids is 1. The zero-order valence-corrected chi connectivity index (χ0v) is 19.7. The van der Waals surface area contributed by atoms with Crippen molar-refractivity contribution in [2.24, 2.45) is 0 Å². The van der Waals surface area contributed by atoms with Crippen molar-refractivity contribution in [3.05, 3.63) is 60.4 Å². The third-order valence-electron chi connectivity index (χ3n) is 7.23. The summed E-state index contributed by atoms with van der Waals surface area (Å²) in [4.78, 5) is 22.2. The summed E-state index contributed by atoms with van der Waals surface area (Å²) in [5.41, 5.74) is 11.2. The van der Waals surface area contributed by atoms with Crippen LogP contribution in [-0.2, 0) is 0 Å². The van der Waals surface area contributed by atoms with Crippen molar-refractivity contribution in [1.29, 1.82) is 0 Å². The van der Waals surface area contributed by atoms with Gasteiger partial charge in [-0.15, -0.1) is 0 Å². The van der Waals surface area contributed by atoms with E-state index in [4.69, 9.17) is 10.7 Å². The van der Waals surface area contributed by atoms with Gasteiger partial charge in [0.15, 0.2) is 11.4 Å². The molecular weight excluding hydrogens is 438 g/mol. The summed E-state index contributed by atoms with van der Waals surface area (Å²) >= 11 is 0. The number of hydrogen-bond acceptors (Lipinski definition) is 7. The van der Waals surface area contributed by atoms with E-state index in [1.165, 1.54) is 26.2 Å². The first-order valence-electron chi connectivity index (χ1n) is 12.3. The van der Waals surface area contributed by atoms with Gasteiger partial charge in [-0.05, 0) is 38.7 Å². The summed E-state index contributed by atoms with van der Waals surface area (Å²) in [6.45, 7) is 1.53. The number of nitrogens with two attached hydrogens (primary N) is 1. The fourth-order valence-electron chi connectivity index (χ4n) is 5.58. The molecule has 5 heterocycles. The van der Waals surface area contributed by atoms with E-state index in [0.29, 0.717) is 34.9 Å². The second-order valence-electron chi connectivity index (χ2n) is 9.67. The van der Waals surface area contributed by atoms with Crippen molar-refractivity contribution in [3.8, 4) is 22.4 Å². The molecule has 8 nitrogen and oxygen atoms in total. The zero-order valence-electron chi connectivity index (χ0n) is 19.7. The highest BCUT2D eigenvalue weighted by molar-refractivity contribution is 6.04. The van der Waals surface area contributed by atoms with Crippen LogP contribution in [-0.4, -0.2) is 43.5 Å². The maximum absolute atomic E-state index is 12.6. The predicted molar refractivity (Wildman–Crippen MR) is 137 cm³/mol. The molecule has 0 aliphatic carbocycles. The Hall–Kier alpha value is -3.78. The monoisotopic (exact) mass is 467 g/mol. The first-order valence-corrected chi connectivity index (χ1v) is 12.3. The van der Waals surface area contributed by atoms with Crippen LogP contribution in [0.4, 0.5) is 11.6 Å². The lowest BCUT2D eigenvalue weighted by atomic mass is 9.84. The number of hydrogen-bond donors (Lipinski definition) is 3. The van der Waals surface area contributed by atoms with Crippen molar-refractivity contribution in [2.75, 3.05) is 11.1 Å². The minimum Gasteiger partial charge on any atom is -0.383 e. The number of ketones is 1. The lowest BCUT2D eigenvalue weighted by Gasteiger charge is -2.40. The first kappa shape index (κ1) is 21.7. The number of rotatable bonds is 5. The molecule has 2 fully saturated rings. The third kappa shape index (κ3) is 4.04. The minimum absolute atomic E-state index is 0.126. The standard InChI is InChI=1S/C27H29N7O/c1-16(35)24-25(28)34-27(33-26(24)32-21-12-19-8-5-9-20(13-21)31-19)22(15-30-34)18-10-11-23(29-14-18)17-6-3-2-4-7-17/h2-4,6-7,10-11,14-15,19-21,31H,5,8-9,12-13,28H2,1H3,(H,32,33). The van der Waals surface area contributed by atoms with Gasteiger partial charge in [-0.1, -0.05) is 42.8 Å². The summed E-state index contributed by atoms with van der Waals surface area (Å²) in [6, 6.07) is 15.4. The molecule has 35 heavy (non-hydrogen) atoms. The molecule has 2 atom stereocenters. The molecule has 0 saturated carbocycles. The molecule has 0 amide bonds. The van der Waals surface area contributed by atoms with Gasteiger partial charge in [0.25, 0.3) is 0 Å². The molecular formula is C27H29N7O. The second-order valence-corrected chi connectivity index (χ2v) is 9.67. The van der Waals surface area contributed by atoms with E-state index >= 15 is 0 Å². The van der Waals surface area contributed by atoms with E-state index in [1.807, 2.05) is 48.7 Å². The molecule has 2 aliphatic rings. The van der Waals surface area contributed by atoms with Gasteiger partial charge in [-0.2, -0.15) is 9.61 Å². The van der Waals surface area contributed by atoms with Crippen LogP contribution in [0.5, 0.6) is 0 Å². The quantitative estimate of drug-likeness (QED) is 0.375. The SMILES string of the molecule is CC(=O)c1c(NC2CC3CCCC(C2)N3)nc2c(-c3ccc(-c4ccccc4)nc3)cnn2c1N. The van der Waals surface area contributed by atoms with Crippen molar-refractivity contribution >= 4 is 23.1 Å². The van der Waals surface area contributed by atoms with Crippen molar-refractivity contribution in [3.63, 3.8) is 0 Å². The molecule has 4 aromatic rings. The predicted octanol–water partition coefficient (Wildman–Crippen LogP) is 4.33. The molecule has 1 aromatic carbocycles. The molecule has 8 heteroatoms. The van der Waals surface area contributed by atoms with Gasteiger partial charge in [-0.3, -0.25) is 9.78 Å². The fraction of sp³-hybridized carbons (Fsp3) is 0.333. The molecule has 0 radical (unpaired) electrons. The Morgan fingerprint density at radius 3 is 2.51 bits per heavy atom. The Morgan fingerprint density at radius 2 is 1.83 bits per heavy atom. The van der Waals surface area contributed by atoms with Crippen LogP contribution >= 0.6 is 0 Å². The van der Waals surface area contributed by atoms with Gasteiger partial charge in [0.05, 0.1) is 11.9 Å². The van der Waals surface area contributed by atoms with E-state index in [1.54, 1.807) is 10.7 Å². The Morgan fingerprint density at radius 1 is 1.06 bits per heavy atom. The molecule has 2 saturated heterocycles. The van der Waals surface area contributed by atoms with E-state index < -0.39 is 0 Å². The van der Waals surface area contributed by atoms with E-state index in [0.717, 1.165) is 35.2 Å². The van der Waals surface area contributed by atoms with Crippen LogP contribution in [0.3, 0.4) is 0 Å². The molecule has 6 rings (SSSR count). The Bertz CT molecular complexity index is 1370. The van der Waals surface area contributed by atoms with Crippen molar-refractivity contribution in [1.82, 2.24) is 24.9 Å². The van der Waals surface area contributed by atoms with Gasteiger partial charge in [0.2, 0.25) is 0 Å². The van der Waals surface area contributed by atoms with E-state index in [9.17, 15) is 4.79 Å². The van der Waals surface area contributed by atoms with Crippen molar-refractivity contribution in [2.45, 2.75) is 57.2 Å². The number of aromatic nitrogens is 4. The summed E-state index contributed by atoms with van der Waals surface area (Å²) in [5, 5.41) is 11.8. The number of benzene rings is 1. The average molecular weight is 468 g/mol. The number of pyridine rings is 1. The third-order valence-corrected chi connectivity index (χ3v) is 7.23. The van der Waals surface area contributed by atoms with Gasteiger partial charge >= 0.3 is 0 Å². The maximum atomic E-state index is 12.6. The summed E-state index contributed by atoms with van der Waals surface area (Å²) in [6.07, 6.45) is 9.26. The first-order chi connectivity index (χ1) is 17.1. The fourth-order valence-corrected chi connectivity index (χ4v) is 5.58. The normalized spacial score (nSPS) is 21.7. The van der Waals surface area contributed by atoms with Crippen LogP contribution in [0.15, 0.2) is 54.9 Å². The highest BCUT2D eigenvalue weighted by atomic mass is 16.1. The van der Waals surface area contributed by atoms with Gasteiger partial charge in [-0.25, -0.2) is 4.98 Å². The van der Waals surface area contributed by atoms with Gasteiger partial charge in [0.1, 0.15) is 17.2 Å². The van der Waals surface area contributed by atoms with Crippen LogP contribution < -0.4 is 16.4 Å². The second kappa shape index (κ2) is 8.78. The van der Waals surface area contributed by atoms with E-state index in [-0.39, 0.29) is 11.8 Å². The number of nitrogens with one attached hydrogen (secondary N) is 2. The maximum Gasteiger partial charge on any atom is 0.167 e. The molecule has 4 N–H and O–H groups in total. The number of anilines is 2. The molecule has 3 aromatic heterocycles. The highest BCUT2D eigenvalue weighted by Gasteiger charge is 2.32. The van der Waals surface area contributed by atoms with Crippen LogP contribution in [0, 0.1) is 0 Å². The summed E-state index contributed by atoms with van der Waals surface area (Å²) in [7, 11) is 0. The van der Waals surface area contributed by atoms with Gasteiger partial charge in [0, 0.05) is 41.0 Å².